The second kappa shape index (κ2) is 6.83. The quantitative estimate of drug-likeness (QED) is 0.841. The van der Waals surface area contributed by atoms with Gasteiger partial charge < -0.3 is 14.2 Å². The molecule has 2 aliphatic rings. The third-order valence-electron chi connectivity index (χ3n) is 5.63. The Morgan fingerprint density at radius 1 is 1.19 bits per heavy atom. The van der Waals surface area contributed by atoms with Crippen molar-refractivity contribution in [1.29, 1.82) is 0 Å². The number of rotatable bonds is 4. The zero-order valence-corrected chi connectivity index (χ0v) is 15.5. The Balaban J connectivity index is 1.47. The number of methoxy groups -OCH3 is 1. The minimum Gasteiger partial charge on any atom is -0.381 e. The summed E-state index contributed by atoms with van der Waals surface area (Å²) in [7, 11) is 1.79. The standard InChI is InChI=1S/C20H25N3O3/c1-12(2)19-21-18(22-26-19)13-4-6-14(7-5-13)20(24)23-10-15-8-9-16(11-23)17(15)25-3/h4-7,12,15-17H,8-11H2,1-3H3/t15-,16+,17?. The van der Waals surface area contributed by atoms with Crippen molar-refractivity contribution in [2.24, 2.45) is 11.8 Å². The highest BCUT2D eigenvalue weighted by Gasteiger charge is 2.43. The number of likely N-dealkylation sites (tertiary alicyclic amines) is 1. The molecule has 1 aliphatic carbocycles. The zero-order valence-electron chi connectivity index (χ0n) is 15.5. The summed E-state index contributed by atoms with van der Waals surface area (Å²) in [5.74, 6) is 2.41. The van der Waals surface area contributed by atoms with Crippen LogP contribution in [-0.4, -0.2) is 47.3 Å². The van der Waals surface area contributed by atoms with E-state index in [9.17, 15) is 4.79 Å². The lowest BCUT2D eigenvalue weighted by molar-refractivity contribution is -0.0113. The number of carbonyl (C=O) groups excluding carboxylic acids is 1. The van der Waals surface area contributed by atoms with Gasteiger partial charge in [0.15, 0.2) is 0 Å². The summed E-state index contributed by atoms with van der Waals surface area (Å²) in [5.41, 5.74) is 1.56. The molecule has 0 spiro atoms. The molecule has 1 aliphatic heterocycles. The highest BCUT2D eigenvalue weighted by molar-refractivity contribution is 5.94. The molecule has 1 saturated heterocycles. The van der Waals surface area contributed by atoms with Crippen LogP contribution in [0.2, 0.25) is 0 Å². The molecule has 2 heterocycles. The highest BCUT2D eigenvalue weighted by Crippen LogP contribution is 2.39. The van der Waals surface area contributed by atoms with E-state index in [1.807, 2.05) is 43.0 Å². The molecule has 0 radical (unpaired) electrons. The van der Waals surface area contributed by atoms with Crippen molar-refractivity contribution in [3.05, 3.63) is 35.7 Å². The Morgan fingerprint density at radius 3 is 2.38 bits per heavy atom. The molecule has 2 fully saturated rings. The summed E-state index contributed by atoms with van der Waals surface area (Å²) in [6.45, 7) is 5.61. The van der Waals surface area contributed by atoms with Crippen LogP contribution in [0.5, 0.6) is 0 Å². The first-order valence-electron chi connectivity index (χ1n) is 9.33. The van der Waals surface area contributed by atoms with Crippen LogP contribution in [0, 0.1) is 11.8 Å². The van der Waals surface area contributed by atoms with Gasteiger partial charge in [-0.1, -0.05) is 31.1 Å². The van der Waals surface area contributed by atoms with Gasteiger partial charge >= 0.3 is 0 Å². The van der Waals surface area contributed by atoms with E-state index in [2.05, 4.69) is 10.1 Å². The fourth-order valence-electron chi connectivity index (χ4n) is 4.25. The number of amides is 1. The average Bonchev–Trinajstić information content (AvgIpc) is 3.24. The van der Waals surface area contributed by atoms with Gasteiger partial charge in [-0.05, 0) is 25.0 Å². The van der Waals surface area contributed by atoms with Crippen LogP contribution in [0.4, 0.5) is 0 Å². The number of nitrogens with zero attached hydrogens (tertiary/aromatic N) is 3. The molecule has 138 valence electrons. The van der Waals surface area contributed by atoms with Crippen molar-refractivity contribution in [3.8, 4) is 11.4 Å². The summed E-state index contributed by atoms with van der Waals surface area (Å²) in [5, 5.41) is 4.02. The van der Waals surface area contributed by atoms with Gasteiger partial charge in [-0.2, -0.15) is 4.98 Å². The Morgan fingerprint density at radius 2 is 1.85 bits per heavy atom. The third kappa shape index (κ3) is 3.03. The molecule has 3 atom stereocenters. The monoisotopic (exact) mass is 355 g/mol. The lowest BCUT2D eigenvalue weighted by Gasteiger charge is -2.37. The summed E-state index contributed by atoms with van der Waals surface area (Å²) >= 11 is 0. The Hall–Kier alpha value is -2.21. The van der Waals surface area contributed by atoms with E-state index in [0.717, 1.165) is 31.5 Å². The van der Waals surface area contributed by atoms with E-state index in [1.54, 1.807) is 7.11 Å². The number of hydrogen-bond acceptors (Lipinski definition) is 5. The normalized spacial score (nSPS) is 25.1. The Labute approximate surface area is 153 Å². The van der Waals surface area contributed by atoms with Gasteiger partial charge in [0.1, 0.15) is 0 Å². The first-order valence-corrected chi connectivity index (χ1v) is 9.33. The van der Waals surface area contributed by atoms with Crippen molar-refractivity contribution < 1.29 is 14.1 Å². The van der Waals surface area contributed by atoms with Gasteiger partial charge in [0.05, 0.1) is 6.10 Å². The molecule has 6 heteroatoms. The fourth-order valence-corrected chi connectivity index (χ4v) is 4.25. The Bertz CT molecular complexity index is 770. The summed E-state index contributed by atoms with van der Waals surface area (Å²) in [6, 6.07) is 7.48. The van der Waals surface area contributed by atoms with Gasteiger partial charge in [0.25, 0.3) is 5.91 Å². The second-order valence-electron chi connectivity index (χ2n) is 7.70. The zero-order chi connectivity index (χ0) is 18.3. The van der Waals surface area contributed by atoms with Crippen LogP contribution < -0.4 is 0 Å². The van der Waals surface area contributed by atoms with Crippen molar-refractivity contribution in [3.63, 3.8) is 0 Å². The van der Waals surface area contributed by atoms with E-state index in [-0.39, 0.29) is 11.8 Å². The topological polar surface area (TPSA) is 68.5 Å². The van der Waals surface area contributed by atoms with Gasteiger partial charge in [0.2, 0.25) is 11.7 Å². The molecular formula is C20H25N3O3. The smallest absolute Gasteiger partial charge is 0.253 e. The molecule has 2 aromatic rings. The molecule has 1 aromatic carbocycles. The predicted molar refractivity (Wildman–Crippen MR) is 96.7 cm³/mol. The van der Waals surface area contributed by atoms with Crippen LogP contribution in [0.1, 0.15) is 48.9 Å². The van der Waals surface area contributed by atoms with E-state index in [4.69, 9.17) is 9.26 Å². The number of ether oxygens (including phenoxy) is 1. The number of fused-ring (bicyclic) bond motifs is 2. The maximum Gasteiger partial charge on any atom is 0.253 e. The molecule has 1 aromatic heterocycles. The number of piperidine rings is 1. The third-order valence-corrected chi connectivity index (χ3v) is 5.63. The van der Waals surface area contributed by atoms with Gasteiger partial charge in [-0.25, -0.2) is 0 Å². The van der Waals surface area contributed by atoms with Crippen molar-refractivity contribution in [2.45, 2.75) is 38.7 Å². The highest BCUT2D eigenvalue weighted by atomic mass is 16.5. The molecule has 1 amide bonds. The summed E-state index contributed by atoms with van der Waals surface area (Å²) < 4.78 is 10.9. The minimum atomic E-state index is 0.0963. The summed E-state index contributed by atoms with van der Waals surface area (Å²) in [4.78, 5) is 19.3. The largest absolute Gasteiger partial charge is 0.381 e. The van der Waals surface area contributed by atoms with Crippen molar-refractivity contribution in [2.75, 3.05) is 20.2 Å². The lowest BCUT2D eigenvalue weighted by Crippen LogP contribution is -2.48. The Kier molecular flexibility index (Phi) is 4.53. The molecular weight excluding hydrogens is 330 g/mol. The molecule has 4 rings (SSSR count). The van der Waals surface area contributed by atoms with E-state index in [1.165, 1.54) is 0 Å². The van der Waals surface area contributed by atoms with Crippen LogP contribution >= 0.6 is 0 Å². The molecule has 2 bridgehead atoms. The molecule has 1 unspecified atom stereocenters. The molecule has 26 heavy (non-hydrogen) atoms. The number of benzene rings is 1. The first kappa shape index (κ1) is 17.2. The second-order valence-corrected chi connectivity index (χ2v) is 7.70. The number of aromatic nitrogens is 2. The maximum atomic E-state index is 12.9. The van der Waals surface area contributed by atoms with E-state index in [0.29, 0.717) is 35.2 Å². The number of hydrogen-bond donors (Lipinski definition) is 0. The fraction of sp³-hybridized carbons (Fsp3) is 0.550. The lowest BCUT2D eigenvalue weighted by atomic mass is 9.94. The predicted octanol–water partition coefficient (Wildman–Crippen LogP) is 3.36. The SMILES string of the molecule is COC1[C@@H]2CC[C@H]1CN(C(=O)c1ccc(-c3noc(C(C)C)n3)cc1)C2. The van der Waals surface area contributed by atoms with Gasteiger partial charge in [-0.15, -0.1) is 0 Å². The van der Waals surface area contributed by atoms with E-state index >= 15 is 0 Å². The average molecular weight is 355 g/mol. The number of carbonyl (C=O) groups is 1. The molecule has 1 saturated carbocycles. The van der Waals surface area contributed by atoms with Crippen molar-refractivity contribution >= 4 is 5.91 Å². The molecule has 6 nitrogen and oxygen atoms in total. The molecule has 0 N–H and O–H groups in total. The summed E-state index contributed by atoms with van der Waals surface area (Å²) in [6.07, 6.45) is 2.62. The van der Waals surface area contributed by atoms with Crippen LogP contribution in [0.15, 0.2) is 28.8 Å². The van der Waals surface area contributed by atoms with Crippen LogP contribution in [-0.2, 0) is 4.74 Å². The van der Waals surface area contributed by atoms with Crippen molar-refractivity contribution in [1.82, 2.24) is 15.0 Å². The minimum absolute atomic E-state index is 0.0963. The van der Waals surface area contributed by atoms with Crippen LogP contribution in [0.25, 0.3) is 11.4 Å². The van der Waals surface area contributed by atoms with Crippen LogP contribution in [0.3, 0.4) is 0 Å². The maximum absolute atomic E-state index is 12.9. The van der Waals surface area contributed by atoms with E-state index < -0.39 is 0 Å². The van der Waals surface area contributed by atoms with Gasteiger partial charge in [0, 0.05) is 49.1 Å². The van der Waals surface area contributed by atoms with Gasteiger partial charge in [-0.3, -0.25) is 4.79 Å². The first-order chi connectivity index (χ1) is 12.6.